The van der Waals surface area contributed by atoms with Gasteiger partial charge in [0.05, 0.1) is 6.42 Å². The fourth-order valence-electron chi connectivity index (χ4n) is 1.95. The van der Waals surface area contributed by atoms with Crippen molar-refractivity contribution in [3.8, 4) is 5.75 Å². The van der Waals surface area contributed by atoms with E-state index < -0.39 is 6.36 Å². The molecule has 1 aromatic carbocycles. The van der Waals surface area contributed by atoms with Crippen molar-refractivity contribution < 1.29 is 74.1 Å². The van der Waals surface area contributed by atoms with E-state index in [4.69, 9.17) is 0 Å². The number of nitrogens with zero attached hydrogens (tertiary/aromatic N) is 2. The Kier molecular flexibility index (Phi) is 7.65. The van der Waals surface area contributed by atoms with Crippen molar-refractivity contribution in [3.05, 3.63) is 35.1 Å². The van der Waals surface area contributed by atoms with Crippen molar-refractivity contribution in [2.75, 3.05) is 26.2 Å². The first-order chi connectivity index (χ1) is 9.44. The van der Waals surface area contributed by atoms with Crippen molar-refractivity contribution in [1.82, 2.24) is 4.90 Å². The summed E-state index contributed by atoms with van der Waals surface area (Å²) in [6.07, 6.45) is -4.53. The molecule has 0 N–H and O–H groups in total. The molecule has 2 rings (SSSR count). The van der Waals surface area contributed by atoms with E-state index in [-0.39, 0.29) is 69.5 Å². The summed E-state index contributed by atoms with van der Waals surface area (Å²) in [6, 6.07) is 5.35. The van der Waals surface area contributed by atoms with Gasteiger partial charge in [-0.15, -0.1) is 26.3 Å². The minimum Gasteiger partial charge on any atom is -0.659 e. The molecule has 0 bridgehead atoms. The molecule has 0 aromatic heterocycles. The Hall–Kier alpha value is -0.124. The molecular formula is C13H14F3KN2O2. The van der Waals surface area contributed by atoms with Gasteiger partial charge in [0, 0.05) is 13.1 Å². The fourth-order valence-corrected chi connectivity index (χ4v) is 1.95. The molecule has 1 aliphatic rings. The maximum Gasteiger partial charge on any atom is 1.00 e. The topological polar surface area (TPSA) is 43.6 Å². The molecule has 1 saturated heterocycles. The quantitative estimate of drug-likeness (QED) is 0.693. The van der Waals surface area contributed by atoms with Gasteiger partial charge < -0.3 is 15.0 Å². The Morgan fingerprint density at radius 2 is 1.76 bits per heavy atom. The monoisotopic (exact) mass is 326 g/mol. The molecule has 0 spiro atoms. The molecule has 0 unspecified atom stereocenters. The van der Waals surface area contributed by atoms with Crippen LogP contribution in [0.3, 0.4) is 0 Å². The zero-order valence-corrected chi connectivity index (χ0v) is 14.8. The van der Waals surface area contributed by atoms with Crippen LogP contribution in [0.1, 0.15) is 5.56 Å². The van der Waals surface area contributed by atoms with E-state index in [2.05, 4.69) is 10.1 Å². The van der Waals surface area contributed by atoms with Crippen LogP contribution < -0.4 is 56.1 Å². The molecule has 4 nitrogen and oxygen atoms in total. The average Bonchev–Trinajstić information content (AvgIpc) is 2.40. The predicted octanol–water partition coefficient (Wildman–Crippen LogP) is -0.652. The number of halogens is 3. The van der Waals surface area contributed by atoms with Crippen molar-refractivity contribution in [3.63, 3.8) is 0 Å². The van der Waals surface area contributed by atoms with E-state index in [1.54, 1.807) is 4.90 Å². The molecule has 1 aromatic rings. The molecule has 21 heavy (non-hydrogen) atoms. The maximum atomic E-state index is 12.0. The van der Waals surface area contributed by atoms with Gasteiger partial charge in [0.15, 0.2) is 0 Å². The van der Waals surface area contributed by atoms with E-state index in [9.17, 15) is 18.0 Å². The van der Waals surface area contributed by atoms with E-state index >= 15 is 0 Å². The van der Waals surface area contributed by atoms with E-state index in [1.807, 2.05) is 0 Å². The maximum absolute atomic E-state index is 12.0. The van der Waals surface area contributed by atoms with Gasteiger partial charge >= 0.3 is 57.7 Å². The average molecular weight is 326 g/mol. The number of carbonyl (C=O) groups is 1. The predicted molar refractivity (Wildman–Crippen MR) is 66.5 cm³/mol. The molecule has 1 amide bonds. The normalized spacial score (nSPS) is 15.3. The van der Waals surface area contributed by atoms with Gasteiger partial charge in [0.1, 0.15) is 5.75 Å². The Bertz CT molecular complexity index is 459. The summed E-state index contributed by atoms with van der Waals surface area (Å²) in [5, 5.41) is 4.15. The van der Waals surface area contributed by atoms with Crippen LogP contribution in [0.5, 0.6) is 5.75 Å². The van der Waals surface area contributed by atoms with E-state index in [0.717, 1.165) is 0 Å². The zero-order valence-electron chi connectivity index (χ0n) is 11.7. The van der Waals surface area contributed by atoms with Crippen molar-refractivity contribution in [2.24, 2.45) is 0 Å². The third-order valence-corrected chi connectivity index (χ3v) is 2.92. The SMILES string of the molecule is O=C(Cc1ccc(OC(F)(F)F)cc1)N1CC[N-]CC1.[K+]. The van der Waals surface area contributed by atoms with Crippen LogP contribution >= 0.6 is 0 Å². The number of piperazine rings is 1. The fraction of sp³-hybridized carbons (Fsp3) is 0.462. The van der Waals surface area contributed by atoms with Crippen molar-refractivity contribution in [2.45, 2.75) is 12.8 Å². The Morgan fingerprint density at radius 1 is 1.19 bits per heavy atom. The van der Waals surface area contributed by atoms with Crippen LogP contribution in [0.2, 0.25) is 0 Å². The molecular weight excluding hydrogens is 312 g/mol. The van der Waals surface area contributed by atoms with Crippen LogP contribution in [0.4, 0.5) is 13.2 Å². The molecule has 8 heteroatoms. The third kappa shape index (κ3) is 6.66. The molecule has 1 aliphatic heterocycles. The minimum atomic E-state index is -4.70. The first-order valence-electron chi connectivity index (χ1n) is 6.20. The molecule has 0 atom stereocenters. The Morgan fingerprint density at radius 3 is 2.29 bits per heavy atom. The summed E-state index contributed by atoms with van der Waals surface area (Å²) < 4.78 is 39.8. The molecule has 110 valence electrons. The van der Waals surface area contributed by atoms with Crippen LogP contribution in [0.25, 0.3) is 5.32 Å². The number of alkyl halides is 3. The Labute approximate surface area is 163 Å². The standard InChI is InChI=1S/C13H14F3N2O2.K/c14-13(15,16)20-11-3-1-10(2-4-11)9-12(19)18-7-5-17-6-8-18;/h1-4H,5-9H2;/q-1;+1. The number of hydrogen-bond donors (Lipinski definition) is 0. The molecule has 1 fully saturated rings. The van der Waals surface area contributed by atoms with E-state index in [1.165, 1.54) is 24.3 Å². The van der Waals surface area contributed by atoms with Gasteiger partial charge in [-0.25, -0.2) is 0 Å². The number of ether oxygens (including phenoxy) is 1. The summed E-state index contributed by atoms with van der Waals surface area (Å²) >= 11 is 0. The van der Waals surface area contributed by atoms with Gasteiger partial charge in [0.25, 0.3) is 0 Å². The second-order valence-electron chi connectivity index (χ2n) is 4.42. The third-order valence-electron chi connectivity index (χ3n) is 2.92. The first-order valence-corrected chi connectivity index (χ1v) is 6.20. The minimum absolute atomic E-state index is 0. The summed E-state index contributed by atoms with van der Waals surface area (Å²) in [4.78, 5) is 13.7. The number of amides is 1. The van der Waals surface area contributed by atoms with Crippen molar-refractivity contribution in [1.29, 1.82) is 0 Å². The van der Waals surface area contributed by atoms with Crippen LogP contribution in [0, 0.1) is 0 Å². The smallest absolute Gasteiger partial charge is 0.659 e. The summed E-state index contributed by atoms with van der Waals surface area (Å²) in [5.41, 5.74) is 0.659. The molecule has 1 heterocycles. The molecule has 0 radical (unpaired) electrons. The summed E-state index contributed by atoms with van der Waals surface area (Å²) in [7, 11) is 0. The summed E-state index contributed by atoms with van der Waals surface area (Å²) in [5.74, 6) is -0.324. The van der Waals surface area contributed by atoms with E-state index in [0.29, 0.717) is 31.7 Å². The zero-order chi connectivity index (χ0) is 14.6. The van der Waals surface area contributed by atoms with Crippen LogP contribution in [-0.2, 0) is 11.2 Å². The Balaban J connectivity index is 0.00000220. The number of rotatable bonds is 3. The van der Waals surface area contributed by atoms with Gasteiger partial charge in [-0.05, 0) is 17.7 Å². The van der Waals surface area contributed by atoms with Gasteiger partial charge in [-0.1, -0.05) is 12.1 Å². The second kappa shape index (κ2) is 8.49. The largest absolute Gasteiger partial charge is 1.00 e. The molecule has 0 aliphatic carbocycles. The number of carbonyl (C=O) groups excluding carboxylic acids is 1. The second-order valence-corrected chi connectivity index (χ2v) is 4.42. The first kappa shape index (κ1) is 18.9. The number of benzene rings is 1. The van der Waals surface area contributed by atoms with Gasteiger partial charge in [-0.3, -0.25) is 4.79 Å². The van der Waals surface area contributed by atoms with Gasteiger partial charge in [0.2, 0.25) is 5.91 Å². The van der Waals surface area contributed by atoms with Crippen LogP contribution in [0.15, 0.2) is 24.3 Å². The number of hydrogen-bond acceptors (Lipinski definition) is 2. The molecule has 0 saturated carbocycles. The van der Waals surface area contributed by atoms with Gasteiger partial charge in [-0.2, -0.15) is 0 Å². The van der Waals surface area contributed by atoms with Crippen LogP contribution in [-0.4, -0.2) is 43.3 Å². The summed E-state index contributed by atoms with van der Waals surface area (Å²) in [6.45, 7) is 2.50. The van der Waals surface area contributed by atoms with Crippen molar-refractivity contribution >= 4 is 5.91 Å².